The molecule has 28 heavy (non-hydrogen) atoms. The second-order valence-corrected chi connectivity index (χ2v) is 7.16. The van der Waals surface area contributed by atoms with E-state index in [2.05, 4.69) is 14.5 Å². The fourth-order valence-electron chi connectivity index (χ4n) is 2.40. The summed E-state index contributed by atoms with van der Waals surface area (Å²) in [6.45, 7) is 3.30. The molecule has 7 nitrogen and oxygen atoms in total. The van der Waals surface area contributed by atoms with E-state index in [9.17, 15) is 22.8 Å². The highest BCUT2D eigenvalue weighted by Gasteiger charge is 2.65. The van der Waals surface area contributed by atoms with Gasteiger partial charge in [-0.1, -0.05) is 36.9 Å². The molecular formula is C17H20F3N3O4S. The van der Waals surface area contributed by atoms with Gasteiger partial charge in [0.25, 0.3) is 0 Å². The van der Waals surface area contributed by atoms with Crippen LogP contribution in [0.4, 0.5) is 23.7 Å². The number of rotatable bonds is 5. The minimum Gasteiger partial charge on any atom is -0.462 e. The normalized spacial score (nSPS) is 18.8. The first-order chi connectivity index (χ1) is 13.2. The topological polar surface area (TPSA) is 80.2 Å². The largest absolute Gasteiger partial charge is 0.462 e. The molecule has 1 heterocycles. The van der Waals surface area contributed by atoms with Crippen molar-refractivity contribution >= 4 is 34.6 Å². The molecule has 0 bridgehead atoms. The molecule has 1 aliphatic rings. The molecule has 11 heteroatoms. The zero-order valence-electron chi connectivity index (χ0n) is 15.4. The summed E-state index contributed by atoms with van der Waals surface area (Å²) in [6.07, 6.45) is -5.26. The SMILES string of the molecule is CCOC(=O)[C@](NC(=O)N(C1=NC[C@H](C)S1)c1ccccc1)(OC)C(F)(F)F. The lowest BCUT2D eigenvalue weighted by Gasteiger charge is -2.34. The first-order valence-electron chi connectivity index (χ1n) is 8.33. The summed E-state index contributed by atoms with van der Waals surface area (Å²) in [7, 11) is 0.668. The van der Waals surface area contributed by atoms with Gasteiger partial charge in [0.05, 0.1) is 18.8 Å². The van der Waals surface area contributed by atoms with Crippen LogP contribution in [0.2, 0.25) is 0 Å². The molecule has 0 saturated carbocycles. The minimum atomic E-state index is -5.26. The van der Waals surface area contributed by atoms with Crippen LogP contribution in [0.5, 0.6) is 0 Å². The Morgan fingerprint density at radius 3 is 2.43 bits per heavy atom. The highest BCUT2D eigenvalue weighted by molar-refractivity contribution is 8.15. The molecule has 1 N–H and O–H groups in total. The fourth-order valence-corrected chi connectivity index (χ4v) is 3.35. The second kappa shape index (κ2) is 8.82. The van der Waals surface area contributed by atoms with Crippen molar-refractivity contribution in [1.29, 1.82) is 0 Å². The minimum absolute atomic E-state index is 0.0499. The van der Waals surface area contributed by atoms with Crippen molar-refractivity contribution in [3.63, 3.8) is 0 Å². The number of carbonyl (C=O) groups is 2. The Morgan fingerprint density at radius 1 is 1.32 bits per heavy atom. The first kappa shape index (κ1) is 22.0. The average Bonchev–Trinajstić information content (AvgIpc) is 3.05. The number of benzene rings is 1. The molecule has 0 spiro atoms. The molecule has 0 unspecified atom stereocenters. The molecule has 0 fully saturated rings. The predicted octanol–water partition coefficient (Wildman–Crippen LogP) is 3.16. The van der Waals surface area contributed by atoms with Crippen LogP contribution in [0.15, 0.2) is 35.3 Å². The summed E-state index contributed by atoms with van der Waals surface area (Å²) < 4.78 is 50.1. The van der Waals surface area contributed by atoms with E-state index in [0.29, 0.717) is 13.7 Å². The third-order valence-electron chi connectivity index (χ3n) is 3.75. The molecule has 2 amide bonds. The van der Waals surface area contributed by atoms with Crippen molar-refractivity contribution in [2.75, 3.05) is 25.2 Å². The quantitative estimate of drug-likeness (QED) is 0.586. The van der Waals surface area contributed by atoms with Gasteiger partial charge in [-0.2, -0.15) is 13.2 Å². The molecule has 1 aromatic rings. The molecule has 0 radical (unpaired) electrons. The van der Waals surface area contributed by atoms with E-state index in [-0.39, 0.29) is 22.7 Å². The van der Waals surface area contributed by atoms with Gasteiger partial charge in [-0.3, -0.25) is 10.3 Å². The number of esters is 1. The summed E-state index contributed by atoms with van der Waals surface area (Å²) in [5.74, 6) is -1.76. The number of nitrogens with one attached hydrogen (secondary N) is 1. The number of thioether (sulfide) groups is 1. The first-order valence-corrected chi connectivity index (χ1v) is 9.21. The molecule has 2 rings (SSSR count). The van der Waals surface area contributed by atoms with Crippen molar-refractivity contribution in [2.45, 2.75) is 31.0 Å². The highest BCUT2D eigenvalue weighted by Crippen LogP contribution is 2.34. The number of amidine groups is 1. The maximum absolute atomic E-state index is 13.7. The van der Waals surface area contributed by atoms with E-state index in [4.69, 9.17) is 0 Å². The number of nitrogens with zero attached hydrogens (tertiary/aromatic N) is 2. The van der Waals surface area contributed by atoms with Gasteiger partial charge in [0.15, 0.2) is 5.17 Å². The summed E-state index contributed by atoms with van der Waals surface area (Å²) in [4.78, 5) is 30.2. The van der Waals surface area contributed by atoms with Crippen LogP contribution in [-0.4, -0.2) is 54.6 Å². The van der Waals surface area contributed by atoms with Crippen molar-refractivity contribution in [3.8, 4) is 0 Å². The van der Waals surface area contributed by atoms with Gasteiger partial charge in [-0.05, 0) is 19.1 Å². The van der Waals surface area contributed by atoms with Gasteiger partial charge < -0.3 is 9.47 Å². The lowest BCUT2D eigenvalue weighted by Crippen LogP contribution is -2.68. The Labute approximate surface area is 164 Å². The number of carbonyl (C=O) groups excluding carboxylic acids is 2. The molecule has 0 aliphatic carbocycles. The average molecular weight is 419 g/mol. The van der Waals surface area contributed by atoms with Crippen molar-refractivity contribution < 1.29 is 32.2 Å². The van der Waals surface area contributed by atoms with Gasteiger partial charge in [0.1, 0.15) is 0 Å². The number of urea groups is 1. The molecule has 0 saturated heterocycles. The number of methoxy groups -OCH3 is 1. The lowest BCUT2D eigenvalue weighted by atomic mass is 10.2. The van der Waals surface area contributed by atoms with Crippen LogP contribution in [0.25, 0.3) is 0 Å². The number of hydrogen-bond acceptors (Lipinski definition) is 6. The zero-order chi connectivity index (χ0) is 20.9. The number of anilines is 1. The van der Waals surface area contributed by atoms with Crippen LogP contribution in [0.1, 0.15) is 13.8 Å². The monoisotopic (exact) mass is 419 g/mol. The molecule has 0 aromatic heterocycles. The number of hydrogen-bond donors (Lipinski definition) is 1. The van der Waals surface area contributed by atoms with Gasteiger partial charge in [-0.25, -0.2) is 14.5 Å². The Bertz CT molecular complexity index is 745. The van der Waals surface area contributed by atoms with E-state index in [1.165, 1.54) is 30.8 Å². The predicted molar refractivity (Wildman–Crippen MR) is 99.2 cm³/mol. The molecule has 1 aliphatic heterocycles. The van der Waals surface area contributed by atoms with E-state index < -0.39 is 23.9 Å². The highest BCUT2D eigenvalue weighted by atomic mass is 32.2. The van der Waals surface area contributed by atoms with Crippen LogP contribution >= 0.6 is 11.8 Å². The standard InChI is InChI=1S/C17H20F3N3O4S/c1-4-27-13(24)16(26-3,17(18,19)20)22-14(25)23(12-8-6-5-7-9-12)15-21-10-11(2)28-15/h5-9,11H,4,10H2,1-3H3,(H,22,25)/t11-,16-/m0/s1. The van der Waals surface area contributed by atoms with Gasteiger partial charge in [-0.15, -0.1) is 0 Å². The van der Waals surface area contributed by atoms with Crippen LogP contribution in [0.3, 0.4) is 0 Å². The number of para-hydroxylation sites is 1. The number of halogens is 3. The van der Waals surface area contributed by atoms with Gasteiger partial charge in [0, 0.05) is 12.4 Å². The Hall–Kier alpha value is -2.27. The van der Waals surface area contributed by atoms with E-state index in [1.807, 2.05) is 6.92 Å². The van der Waals surface area contributed by atoms with Crippen LogP contribution < -0.4 is 10.2 Å². The van der Waals surface area contributed by atoms with Gasteiger partial charge in [0.2, 0.25) is 0 Å². The summed E-state index contributed by atoms with van der Waals surface area (Å²) in [5.41, 5.74) is -3.36. The summed E-state index contributed by atoms with van der Waals surface area (Å²) in [6, 6.07) is 6.80. The molecule has 2 atom stereocenters. The molecule has 1 aromatic carbocycles. The van der Waals surface area contributed by atoms with Crippen molar-refractivity contribution in [3.05, 3.63) is 30.3 Å². The molecular weight excluding hydrogens is 399 g/mol. The van der Waals surface area contributed by atoms with E-state index in [0.717, 1.165) is 4.90 Å². The second-order valence-electron chi connectivity index (χ2n) is 5.76. The zero-order valence-corrected chi connectivity index (χ0v) is 16.3. The molecule has 154 valence electrons. The van der Waals surface area contributed by atoms with Crippen molar-refractivity contribution in [2.24, 2.45) is 4.99 Å². The maximum Gasteiger partial charge on any atom is 0.448 e. The van der Waals surface area contributed by atoms with E-state index >= 15 is 0 Å². The van der Waals surface area contributed by atoms with Crippen LogP contribution in [-0.2, 0) is 14.3 Å². The van der Waals surface area contributed by atoms with E-state index in [1.54, 1.807) is 23.5 Å². The third kappa shape index (κ3) is 4.41. The number of amides is 2. The number of aliphatic imine (C=N–C) groups is 1. The Balaban J connectivity index is 2.43. The Morgan fingerprint density at radius 2 is 1.96 bits per heavy atom. The number of ether oxygens (including phenoxy) is 2. The van der Waals surface area contributed by atoms with Gasteiger partial charge >= 0.3 is 23.9 Å². The maximum atomic E-state index is 13.7. The smallest absolute Gasteiger partial charge is 0.448 e. The summed E-state index contributed by atoms with van der Waals surface area (Å²) in [5, 5.41) is 1.93. The van der Waals surface area contributed by atoms with Crippen LogP contribution in [0, 0.1) is 0 Å². The Kier molecular flexibility index (Phi) is 6.94. The van der Waals surface area contributed by atoms with Crippen molar-refractivity contribution in [1.82, 2.24) is 5.32 Å². The number of alkyl halides is 3. The fraction of sp³-hybridized carbons (Fsp3) is 0.471. The third-order valence-corrected chi connectivity index (χ3v) is 4.82. The lowest BCUT2D eigenvalue weighted by molar-refractivity contribution is -0.276. The summed E-state index contributed by atoms with van der Waals surface area (Å²) >= 11 is 1.23.